The number of fused-ring (bicyclic) bond motifs is 1. The van der Waals surface area contributed by atoms with Crippen LogP contribution in [0.4, 0.5) is 11.6 Å². The molecule has 0 unspecified atom stereocenters. The number of hydrogen-bond donors (Lipinski definition) is 3. The Morgan fingerprint density at radius 3 is 2.69 bits per heavy atom. The van der Waals surface area contributed by atoms with Crippen LogP contribution in [0.1, 0.15) is 60.3 Å². The van der Waals surface area contributed by atoms with Crippen molar-refractivity contribution < 1.29 is 14.7 Å². The van der Waals surface area contributed by atoms with Gasteiger partial charge in [-0.3, -0.25) is 14.0 Å². The average Bonchev–Trinajstić information content (AvgIpc) is 3.30. The first-order valence-corrected chi connectivity index (χ1v) is 12.2. The van der Waals surface area contributed by atoms with Crippen LogP contribution in [0.5, 0.6) is 0 Å². The number of pyridine rings is 1. The van der Waals surface area contributed by atoms with Gasteiger partial charge >= 0.3 is 5.97 Å². The van der Waals surface area contributed by atoms with Crippen molar-refractivity contribution in [3.05, 3.63) is 71.9 Å². The maximum Gasteiger partial charge on any atom is 0.306 e. The Morgan fingerprint density at radius 1 is 1.14 bits per heavy atom. The van der Waals surface area contributed by atoms with E-state index >= 15 is 0 Å². The molecule has 2 atom stereocenters. The highest BCUT2D eigenvalue weighted by Crippen LogP contribution is 2.39. The molecule has 3 heterocycles. The van der Waals surface area contributed by atoms with Crippen LogP contribution in [-0.2, 0) is 11.2 Å². The number of benzene rings is 1. The number of nitrogen functional groups attached to an aromatic ring is 1. The Kier molecular flexibility index (Phi) is 6.37. The molecular formula is C27H28N6O3. The summed E-state index contributed by atoms with van der Waals surface area (Å²) in [6.45, 7) is 2.05. The fourth-order valence-electron chi connectivity index (χ4n) is 4.96. The average molecular weight is 485 g/mol. The van der Waals surface area contributed by atoms with Crippen LogP contribution in [-0.4, -0.2) is 36.3 Å². The number of carboxylic acid groups (broad SMARTS) is 1. The van der Waals surface area contributed by atoms with Gasteiger partial charge in [-0.1, -0.05) is 25.5 Å². The molecule has 1 amide bonds. The van der Waals surface area contributed by atoms with Gasteiger partial charge in [-0.2, -0.15) is 0 Å². The number of amides is 1. The van der Waals surface area contributed by atoms with Crippen LogP contribution in [0.2, 0.25) is 0 Å². The van der Waals surface area contributed by atoms with E-state index in [0.29, 0.717) is 41.3 Å². The lowest BCUT2D eigenvalue weighted by Crippen LogP contribution is -2.22. The van der Waals surface area contributed by atoms with Gasteiger partial charge < -0.3 is 16.2 Å². The predicted molar refractivity (Wildman–Crippen MR) is 137 cm³/mol. The number of nitrogens with one attached hydrogen (secondary N) is 1. The lowest BCUT2D eigenvalue weighted by Gasteiger charge is -2.25. The SMILES string of the molecule is CCc1ccnc(NC(=O)c2ccc(-c3nc([C@@H]4CCC[C@H](C(=O)O)C4)n4ccnc(N)c34)cc2)c1. The molecule has 5 rings (SSSR count). The number of nitrogens with zero attached hydrogens (tertiary/aromatic N) is 4. The number of rotatable bonds is 6. The zero-order chi connectivity index (χ0) is 25.2. The van der Waals surface area contributed by atoms with Gasteiger partial charge in [-0.25, -0.2) is 15.0 Å². The van der Waals surface area contributed by atoms with Crippen molar-refractivity contribution in [2.75, 3.05) is 11.1 Å². The third kappa shape index (κ3) is 4.51. The molecule has 0 spiro atoms. The fraction of sp³-hybridized carbons (Fsp3) is 0.296. The van der Waals surface area contributed by atoms with Crippen LogP contribution in [0.15, 0.2) is 55.0 Å². The van der Waals surface area contributed by atoms with E-state index in [4.69, 9.17) is 10.7 Å². The smallest absolute Gasteiger partial charge is 0.306 e. The van der Waals surface area contributed by atoms with Crippen LogP contribution < -0.4 is 11.1 Å². The van der Waals surface area contributed by atoms with Crippen molar-refractivity contribution in [2.45, 2.75) is 44.9 Å². The van der Waals surface area contributed by atoms with Gasteiger partial charge in [-0.05, 0) is 55.5 Å². The molecule has 0 radical (unpaired) electrons. The highest BCUT2D eigenvalue weighted by atomic mass is 16.4. The largest absolute Gasteiger partial charge is 0.481 e. The van der Waals surface area contributed by atoms with Crippen molar-refractivity contribution in [3.63, 3.8) is 0 Å². The molecule has 1 aliphatic carbocycles. The molecule has 1 aromatic carbocycles. The predicted octanol–water partition coefficient (Wildman–Crippen LogP) is 4.55. The summed E-state index contributed by atoms with van der Waals surface area (Å²) >= 11 is 0. The van der Waals surface area contributed by atoms with Gasteiger partial charge in [0.1, 0.15) is 28.7 Å². The second-order valence-electron chi connectivity index (χ2n) is 9.18. The third-order valence-corrected chi connectivity index (χ3v) is 6.89. The highest BCUT2D eigenvalue weighted by molar-refractivity contribution is 6.04. The van der Waals surface area contributed by atoms with Gasteiger partial charge in [0.2, 0.25) is 0 Å². The van der Waals surface area contributed by atoms with Crippen molar-refractivity contribution >= 4 is 29.0 Å². The maximum atomic E-state index is 12.8. The number of nitrogens with two attached hydrogens (primary N) is 1. The Balaban J connectivity index is 1.45. The monoisotopic (exact) mass is 484 g/mol. The Bertz CT molecular complexity index is 1430. The zero-order valence-corrected chi connectivity index (χ0v) is 20.0. The zero-order valence-electron chi connectivity index (χ0n) is 20.0. The van der Waals surface area contributed by atoms with Gasteiger partial charge in [0.05, 0.1) is 5.92 Å². The lowest BCUT2D eigenvalue weighted by molar-refractivity contribution is -0.143. The molecule has 1 saturated carbocycles. The lowest BCUT2D eigenvalue weighted by atomic mass is 9.81. The minimum atomic E-state index is -0.757. The van der Waals surface area contributed by atoms with E-state index in [1.807, 2.05) is 41.8 Å². The molecule has 184 valence electrons. The quantitative estimate of drug-likeness (QED) is 0.365. The molecule has 0 aliphatic heterocycles. The molecule has 9 nitrogen and oxygen atoms in total. The first-order chi connectivity index (χ1) is 17.4. The van der Waals surface area contributed by atoms with E-state index in [2.05, 4.69) is 15.3 Å². The third-order valence-electron chi connectivity index (χ3n) is 6.89. The first-order valence-electron chi connectivity index (χ1n) is 12.2. The minimum absolute atomic E-state index is 0.0133. The van der Waals surface area contributed by atoms with Crippen LogP contribution >= 0.6 is 0 Å². The van der Waals surface area contributed by atoms with Crippen molar-refractivity contribution in [2.24, 2.45) is 5.92 Å². The molecule has 1 aliphatic rings. The molecule has 0 bridgehead atoms. The molecule has 4 aromatic rings. The molecule has 4 N–H and O–H groups in total. The van der Waals surface area contributed by atoms with E-state index in [1.54, 1.807) is 24.5 Å². The summed E-state index contributed by atoms with van der Waals surface area (Å²) in [5, 5.41) is 12.4. The van der Waals surface area contributed by atoms with Gasteiger partial charge in [-0.15, -0.1) is 0 Å². The number of aromatic nitrogens is 4. The van der Waals surface area contributed by atoms with Crippen LogP contribution in [0, 0.1) is 5.92 Å². The number of aliphatic carboxylic acids is 1. The number of carbonyl (C=O) groups excluding carboxylic acids is 1. The van der Waals surface area contributed by atoms with Crippen molar-refractivity contribution in [1.29, 1.82) is 0 Å². The minimum Gasteiger partial charge on any atom is -0.481 e. The summed E-state index contributed by atoms with van der Waals surface area (Å²) in [4.78, 5) is 37.8. The summed E-state index contributed by atoms with van der Waals surface area (Å²) in [5.74, 6) is 0.292. The number of hydrogen-bond acceptors (Lipinski definition) is 6. The molecule has 36 heavy (non-hydrogen) atoms. The van der Waals surface area contributed by atoms with E-state index in [1.165, 1.54) is 0 Å². The Hall–Kier alpha value is -4.27. The molecule has 0 saturated heterocycles. The second kappa shape index (κ2) is 9.77. The second-order valence-corrected chi connectivity index (χ2v) is 9.18. The van der Waals surface area contributed by atoms with Crippen LogP contribution in [0.25, 0.3) is 16.8 Å². The fourth-order valence-corrected chi connectivity index (χ4v) is 4.96. The number of carboxylic acids is 1. The Morgan fingerprint density at radius 2 is 1.94 bits per heavy atom. The summed E-state index contributed by atoms with van der Waals surface area (Å²) in [6, 6.07) is 10.9. The van der Waals surface area contributed by atoms with Gasteiger partial charge in [0.15, 0.2) is 0 Å². The summed E-state index contributed by atoms with van der Waals surface area (Å²) in [7, 11) is 0. The van der Waals surface area contributed by atoms with E-state index in [9.17, 15) is 14.7 Å². The topological polar surface area (TPSA) is 136 Å². The molecule has 1 fully saturated rings. The summed E-state index contributed by atoms with van der Waals surface area (Å²) in [6.07, 6.45) is 8.93. The van der Waals surface area contributed by atoms with Crippen LogP contribution in [0.3, 0.4) is 0 Å². The summed E-state index contributed by atoms with van der Waals surface area (Å²) in [5.41, 5.74) is 10.00. The van der Waals surface area contributed by atoms with E-state index < -0.39 is 5.97 Å². The summed E-state index contributed by atoms with van der Waals surface area (Å²) < 4.78 is 1.93. The molecule has 3 aromatic heterocycles. The van der Waals surface area contributed by atoms with E-state index in [0.717, 1.165) is 36.2 Å². The Labute approximate surface area is 208 Å². The van der Waals surface area contributed by atoms with Gasteiger partial charge in [0, 0.05) is 35.6 Å². The maximum absolute atomic E-state index is 12.8. The number of carbonyl (C=O) groups is 2. The normalized spacial score (nSPS) is 17.7. The standard InChI is InChI=1S/C27H28N6O3/c1-2-16-10-11-29-21(14-16)31-26(34)18-8-6-17(7-9-18)22-23-24(28)30-12-13-33(23)25(32-22)19-4-3-5-20(15-19)27(35)36/h6-14,19-20H,2-5,15H2,1H3,(H2,28,30)(H,35,36)(H,29,31,34)/t19-,20+/m1/s1. The highest BCUT2D eigenvalue weighted by Gasteiger charge is 2.31. The molecular weight excluding hydrogens is 456 g/mol. The number of anilines is 2. The number of aryl methyl sites for hydroxylation is 1. The first kappa shape index (κ1) is 23.5. The van der Waals surface area contributed by atoms with Crippen molar-refractivity contribution in [1.82, 2.24) is 19.4 Å². The number of imidazole rings is 1. The van der Waals surface area contributed by atoms with Gasteiger partial charge in [0.25, 0.3) is 5.91 Å². The van der Waals surface area contributed by atoms with Crippen molar-refractivity contribution in [3.8, 4) is 11.3 Å². The van der Waals surface area contributed by atoms with E-state index in [-0.39, 0.29) is 17.7 Å². The molecule has 9 heteroatoms.